The molecular weight excluding hydrogens is 170 g/mol. The minimum absolute atomic E-state index is 0.0610. The van der Waals surface area contributed by atoms with Gasteiger partial charge in [0.2, 0.25) is 5.91 Å². The molecule has 13 heavy (non-hydrogen) atoms. The van der Waals surface area contributed by atoms with E-state index in [1.807, 2.05) is 0 Å². The van der Waals surface area contributed by atoms with Crippen LogP contribution in [0, 0.1) is 5.92 Å². The third kappa shape index (κ3) is 2.67. The van der Waals surface area contributed by atoms with Crippen molar-refractivity contribution in [3.8, 4) is 0 Å². The van der Waals surface area contributed by atoms with E-state index in [1.54, 1.807) is 6.92 Å². The van der Waals surface area contributed by atoms with Gasteiger partial charge in [0.15, 0.2) is 0 Å². The molecule has 76 valence electrons. The molecule has 1 aliphatic rings. The third-order valence-corrected chi connectivity index (χ3v) is 2.48. The number of carbonyl (C=O) groups excluding carboxylic acids is 1. The van der Waals surface area contributed by atoms with Crippen LogP contribution in [-0.2, 0) is 4.79 Å². The Labute approximate surface area is 78.0 Å². The molecule has 0 spiro atoms. The fraction of sp³-hybridized carbons (Fsp3) is 0.889. The van der Waals surface area contributed by atoms with Gasteiger partial charge in [0.05, 0.1) is 18.6 Å². The molecule has 1 aliphatic carbocycles. The lowest BCUT2D eigenvalue weighted by Gasteiger charge is -2.17. The lowest BCUT2D eigenvalue weighted by atomic mass is 10.1. The van der Waals surface area contributed by atoms with Crippen LogP contribution < -0.4 is 5.32 Å². The van der Waals surface area contributed by atoms with Crippen LogP contribution in [-0.4, -0.2) is 34.9 Å². The van der Waals surface area contributed by atoms with Crippen molar-refractivity contribution in [3.05, 3.63) is 0 Å². The van der Waals surface area contributed by atoms with Crippen LogP contribution in [0.4, 0.5) is 0 Å². The van der Waals surface area contributed by atoms with E-state index in [2.05, 4.69) is 5.32 Å². The normalized spacial score (nSPS) is 30.1. The van der Waals surface area contributed by atoms with Crippen LogP contribution in [0.3, 0.4) is 0 Å². The standard InChI is InChI=1S/C9H17NO3/c1-6(5-11)10-9(13)7-3-2-4-8(7)12/h6-8,11-12H,2-5H2,1H3,(H,10,13)/t6-,7?,8?/m0/s1. The number of amides is 1. The van der Waals surface area contributed by atoms with E-state index >= 15 is 0 Å². The zero-order chi connectivity index (χ0) is 9.84. The maximum atomic E-state index is 11.4. The predicted molar refractivity (Wildman–Crippen MR) is 48.0 cm³/mol. The molecule has 3 atom stereocenters. The Kier molecular flexibility index (Phi) is 3.69. The summed E-state index contributed by atoms with van der Waals surface area (Å²) in [4.78, 5) is 11.4. The van der Waals surface area contributed by atoms with Gasteiger partial charge >= 0.3 is 0 Å². The monoisotopic (exact) mass is 187 g/mol. The van der Waals surface area contributed by atoms with Gasteiger partial charge in [0.25, 0.3) is 0 Å². The molecular formula is C9H17NO3. The summed E-state index contributed by atoms with van der Waals surface area (Å²) in [6, 6.07) is -0.222. The molecule has 1 amide bonds. The summed E-state index contributed by atoms with van der Waals surface area (Å²) in [5, 5.41) is 20.8. The second kappa shape index (κ2) is 4.58. The maximum absolute atomic E-state index is 11.4. The minimum Gasteiger partial charge on any atom is -0.394 e. The van der Waals surface area contributed by atoms with Gasteiger partial charge in [-0.2, -0.15) is 0 Å². The van der Waals surface area contributed by atoms with Crippen LogP contribution in [0.2, 0.25) is 0 Å². The van der Waals surface area contributed by atoms with Crippen molar-refractivity contribution in [1.29, 1.82) is 0 Å². The summed E-state index contributed by atoms with van der Waals surface area (Å²) >= 11 is 0. The molecule has 1 fully saturated rings. The van der Waals surface area contributed by atoms with Gasteiger partial charge in [0, 0.05) is 6.04 Å². The van der Waals surface area contributed by atoms with Crippen molar-refractivity contribution >= 4 is 5.91 Å². The molecule has 0 aromatic heterocycles. The molecule has 0 bridgehead atoms. The molecule has 0 aromatic carbocycles. The third-order valence-electron chi connectivity index (χ3n) is 2.48. The smallest absolute Gasteiger partial charge is 0.226 e. The van der Waals surface area contributed by atoms with Crippen molar-refractivity contribution in [2.45, 2.75) is 38.3 Å². The molecule has 4 heteroatoms. The zero-order valence-electron chi connectivity index (χ0n) is 7.86. The highest BCUT2D eigenvalue weighted by atomic mass is 16.3. The summed E-state index contributed by atoms with van der Waals surface area (Å²) in [5.74, 6) is -0.402. The van der Waals surface area contributed by atoms with Crippen LogP contribution in [0.15, 0.2) is 0 Å². The van der Waals surface area contributed by atoms with Crippen LogP contribution in [0.1, 0.15) is 26.2 Å². The van der Waals surface area contributed by atoms with Crippen molar-refractivity contribution in [2.24, 2.45) is 5.92 Å². The topological polar surface area (TPSA) is 69.6 Å². The molecule has 0 radical (unpaired) electrons. The highest BCUT2D eigenvalue weighted by molar-refractivity contribution is 5.79. The van der Waals surface area contributed by atoms with E-state index < -0.39 is 6.10 Å². The Bertz CT molecular complexity index is 184. The number of hydrogen-bond acceptors (Lipinski definition) is 3. The minimum atomic E-state index is -0.495. The van der Waals surface area contributed by atoms with Gasteiger partial charge in [-0.25, -0.2) is 0 Å². The van der Waals surface area contributed by atoms with Crippen LogP contribution >= 0.6 is 0 Å². The highest BCUT2D eigenvalue weighted by Gasteiger charge is 2.31. The number of aliphatic hydroxyl groups excluding tert-OH is 2. The summed E-state index contributed by atoms with van der Waals surface area (Å²) in [5.41, 5.74) is 0. The number of aliphatic hydroxyl groups is 2. The SMILES string of the molecule is C[C@@H](CO)NC(=O)C1CCCC1O. The lowest BCUT2D eigenvalue weighted by Crippen LogP contribution is -2.41. The van der Waals surface area contributed by atoms with Crippen LogP contribution in [0.5, 0.6) is 0 Å². The van der Waals surface area contributed by atoms with E-state index in [4.69, 9.17) is 5.11 Å². The van der Waals surface area contributed by atoms with Gasteiger partial charge < -0.3 is 15.5 Å². The number of hydrogen-bond donors (Lipinski definition) is 3. The van der Waals surface area contributed by atoms with Gasteiger partial charge in [-0.1, -0.05) is 0 Å². The summed E-state index contributed by atoms with van der Waals surface area (Å²) < 4.78 is 0. The van der Waals surface area contributed by atoms with Gasteiger partial charge in [-0.3, -0.25) is 4.79 Å². The predicted octanol–water partition coefficient (Wildman–Crippen LogP) is -0.356. The second-order valence-corrected chi connectivity index (χ2v) is 3.70. The average molecular weight is 187 g/mol. The second-order valence-electron chi connectivity index (χ2n) is 3.70. The molecule has 0 saturated heterocycles. The summed E-state index contributed by atoms with van der Waals surface area (Å²) in [7, 11) is 0. The molecule has 1 rings (SSSR count). The maximum Gasteiger partial charge on any atom is 0.226 e. The van der Waals surface area contributed by atoms with Crippen molar-refractivity contribution in [3.63, 3.8) is 0 Å². The molecule has 0 heterocycles. The summed E-state index contributed by atoms with van der Waals surface area (Å²) in [6.45, 7) is 1.67. The fourth-order valence-corrected chi connectivity index (χ4v) is 1.64. The molecule has 4 nitrogen and oxygen atoms in total. The first-order chi connectivity index (χ1) is 6.15. The first-order valence-corrected chi connectivity index (χ1v) is 4.74. The number of rotatable bonds is 3. The van der Waals surface area contributed by atoms with Gasteiger partial charge in [-0.05, 0) is 26.2 Å². The number of nitrogens with one attached hydrogen (secondary N) is 1. The Balaban J connectivity index is 2.38. The Morgan fingerprint density at radius 2 is 2.31 bits per heavy atom. The largest absolute Gasteiger partial charge is 0.394 e. The van der Waals surface area contributed by atoms with Gasteiger partial charge in [-0.15, -0.1) is 0 Å². The Morgan fingerprint density at radius 1 is 1.62 bits per heavy atom. The summed E-state index contributed by atoms with van der Waals surface area (Å²) in [6.07, 6.45) is 1.88. The number of carbonyl (C=O) groups is 1. The van der Waals surface area contributed by atoms with E-state index in [-0.39, 0.29) is 24.5 Å². The first-order valence-electron chi connectivity index (χ1n) is 4.74. The van der Waals surface area contributed by atoms with E-state index in [1.165, 1.54) is 0 Å². The molecule has 1 saturated carbocycles. The molecule has 0 aliphatic heterocycles. The fourth-order valence-electron chi connectivity index (χ4n) is 1.64. The van der Waals surface area contributed by atoms with Crippen molar-refractivity contribution in [1.82, 2.24) is 5.32 Å². The highest BCUT2D eigenvalue weighted by Crippen LogP contribution is 2.25. The molecule has 0 aromatic rings. The lowest BCUT2D eigenvalue weighted by molar-refractivity contribution is -0.128. The molecule has 2 unspecified atom stereocenters. The average Bonchev–Trinajstić information content (AvgIpc) is 2.51. The Hall–Kier alpha value is -0.610. The van der Waals surface area contributed by atoms with E-state index in [0.29, 0.717) is 6.42 Å². The molecule has 3 N–H and O–H groups in total. The van der Waals surface area contributed by atoms with Crippen LogP contribution in [0.25, 0.3) is 0 Å². The van der Waals surface area contributed by atoms with Gasteiger partial charge in [0.1, 0.15) is 0 Å². The van der Waals surface area contributed by atoms with E-state index in [9.17, 15) is 9.90 Å². The van der Waals surface area contributed by atoms with Crippen molar-refractivity contribution < 1.29 is 15.0 Å². The quantitative estimate of drug-likeness (QED) is 0.565. The first kappa shape index (κ1) is 10.5. The zero-order valence-corrected chi connectivity index (χ0v) is 7.86. The Morgan fingerprint density at radius 3 is 2.77 bits per heavy atom. The van der Waals surface area contributed by atoms with E-state index in [0.717, 1.165) is 12.8 Å². The van der Waals surface area contributed by atoms with Crippen molar-refractivity contribution in [2.75, 3.05) is 6.61 Å².